The van der Waals surface area contributed by atoms with E-state index in [4.69, 9.17) is 9.47 Å². The number of carbonyl (C=O) groups is 1. The third kappa shape index (κ3) is 3.47. The van der Waals surface area contributed by atoms with Crippen LogP contribution >= 0.6 is 0 Å². The molecular formula is C18H14N2O4. The number of aromatic hydroxyl groups is 1. The Balaban J connectivity index is 1.80. The Morgan fingerprint density at radius 3 is 2.54 bits per heavy atom. The molecule has 2 aromatic rings. The van der Waals surface area contributed by atoms with Gasteiger partial charge in [0.25, 0.3) is 5.91 Å². The molecule has 2 aromatic carbocycles. The van der Waals surface area contributed by atoms with Crippen LogP contribution in [0.25, 0.3) is 6.08 Å². The third-order valence-electron chi connectivity index (χ3n) is 3.37. The highest BCUT2D eigenvalue weighted by molar-refractivity contribution is 6.09. The fourth-order valence-corrected chi connectivity index (χ4v) is 2.21. The summed E-state index contributed by atoms with van der Waals surface area (Å²) in [4.78, 5) is 12.2. The number of benzene rings is 2. The molecule has 0 atom stereocenters. The predicted molar refractivity (Wildman–Crippen MR) is 87.8 cm³/mol. The van der Waals surface area contributed by atoms with Gasteiger partial charge in [0.15, 0.2) is 11.5 Å². The van der Waals surface area contributed by atoms with Gasteiger partial charge in [0.1, 0.15) is 30.6 Å². The van der Waals surface area contributed by atoms with Gasteiger partial charge in [-0.05, 0) is 48.0 Å². The summed E-state index contributed by atoms with van der Waals surface area (Å²) >= 11 is 0. The molecule has 120 valence electrons. The van der Waals surface area contributed by atoms with E-state index in [0.717, 1.165) is 0 Å². The number of rotatable bonds is 3. The average molecular weight is 322 g/mol. The topological polar surface area (TPSA) is 91.6 Å². The molecule has 0 unspecified atom stereocenters. The summed E-state index contributed by atoms with van der Waals surface area (Å²) in [6.45, 7) is 0.966. The van der Waals surface area contributed by atoms with Crippen LogP contribution in [0.2, 0.25) is 0 Å². The largest absolute Gasteiger partial charge is 0.508 e. The monoisotopic (exact) mass is 322 g/mol. The van der Waals surface area contributed by atoms with Crippen LogP contribution in [0.15, 0.2) is 48.0 Å². The summed E-state index contributed by atoms with van der Waals surface area (Å²) in [5, 5.41) is 21.1. The van der Waals surface area contributed by atoms with Crippen LogP contribution in [0.5, 0.6) is 17.2 Å². The van der Waals surface area contributed by atoms with Crippen molar-refractivity contribution < 1.29 is 19.4 Å². The molecule has 1 aliphatic heterocycles. The normalized spacial score (nSPS) is 13.0. The summed E-state index contributed by atoms with van der Waals surface area (Å²) in [6, 6.07) is 13.1. The number of amides is 1. The zero-order valence-electron chi connectivity index (χ0n) is 12.7. The van der Waals surface area contributed by atoms with E-state index in [1.807, 2.05) is 6.07 Å². The Kier molecular flexibility index (Phi) is 4.34. The molecule has 1 amide bonds. The second kappa shape index (κ2) is 6.75. The second-order valence-corrected chi connectivity index (χ2v) is 5.07. The van der Waals surface area contributed by atoms with Gasteiger partial charge in [-0.25, -0.2) is 0 Å². The fraction of sp³-hybridized carbons (Fsp3) is 0.111. The highest BCUT2D eigenvalue weighted by atomic mass is 16.6. The van der Waals surface area contributed by atoms with Crippen molar-refractivity contribution in [1.29, 1.82) is 5.26 Å². The minimum atomic E-state index is -0.530. The van der Waals surface area contributed by atoms with Gasteiger partial charge in [0.2, 0.25) is 0 Å². The minimum Gasteiger partial charge on any atom is -0.508 e. The molecule has 0 bridgehead atoms. The molecule has 2 N–H and O–H groups in total. The van der Waals surface area contributed by atoms with Gasteiger partial charge in [-0.3, -0.25) is 4.79 Å². The van der Waals surface area contributed by atoms with Crippen LogP contribution in [0.1, 0.15) is 5.56 Å². The highest BCUT2D eigenvalue weighted by Gasteiger charge is 2.13. The summed E-state index contributed by atoms with van der Waals surface area (Å²) < 4.78 is 10.9. The maximum absolute atomic E-state index is 12.2. The van der Waals surface area contributed by atoms with E-state index in [9.17, 15) is 15.2 Å². The van der Waals surface area contributed by atoms with Crippen LogP contribution in [-0.4, -0.2) is 24.2 Å². The summed E-state index contributed by atoms with van der Waals surface area (Å²) in [5.74, 6) is 0.801. The second-order valence-electron chi connectivity index (χ2n) is 5.07. The predicted octanol–water partition coefficient (Wildman–Crippen LogP) is 2.71. The van der Waals surface area contributed by atoms with Crippen molar-refractivity contribution in [2.24, 2.45) is 0 Å². The lowest BCUT2D eigenvalue weighted by Gasteiger charge is -2.18. The van der Waals surface area contributed by atoms with Crippen molar-refractivity contribution in [1.82, 2.24) is 0 Å². The lowest BCUT2D eigenvalue weighted by atomic mass is 10.1. The number of nitrogens with one attached hydrogen (secondary N) is 1. The smallest absolute Gasteiger partial charge is 0.266 e. The SMILES string of the molecule is N#CC(=Cc1ccc2c(c1)OCCO2)C(=O)Nc1ccc(O)cc1. The van der Waals surface area contributed by atoms with Crippen molar-refractivity contribution in [3.8, 4) is 23.3 Å². The number of fused-ring (bicyclic) bond motifs is 1. The standard InChI is InChI=1S/C18H14N2O4/c19-11-13(18(22)20-14-2-4-15(21)5-3-14)9-12-1-6-16-17(10-12)24-8-7-23-16/h1-6,9-10,21H,7-8H2,(H,20,22). The van der Waals surface area contributed by atoms with Gasteiger partial charge >= 0.3 is 0 Å². The number of phenols is 1. The first-order chi connectivity index (χ1) is 11.7. The molecule has 0 aromatic heterocycles. The van der Waals surface area contributed by atoms with E-state index in [1.165, 1.54) is 18.2 Å². The maximum atomic E-state index is 12.2. The summed E-state index contributed by atoms with van der Waals surface area (Å²) in [7, 11) is 0. The van der Waals surface area contributed by atoms with Gasteiger partial charge in [-0.1, -0.05) is 6.07 Å². The van der Waals surface area contributed by atoms with E-state index in [2.05, 4.69) is 5.32 Å². The molecule has 6 heteroatoms. The van der Waals surface area contributed by atoms with Crippen molar-refractivity contribution >= 4 is 17.7 Å². The number of hydrogen-bond acceptors (Lipinski definition) is 5. The quantitative estimate of drug-likeness (QED) is 0.515. The Morgan fingerprint density at radius 1 is 1.12 bits per heavy atom. The Bertz CT molecular complexity index is 835. The van der Waals surface area contributed by atoms with E-state index >= 15 is 0 Å². The van der Waals surface area contributed by atoms with Gasteiger partial charge in [-0.15, -0.1) is 0 Å². The number of nitrogens with zero attached hydrogens (tertiary/aromatic N) is 1. The Labute approximate surface area is 138 Å². The third-order valence-corrected chi connectivity index (χ3v) is 3.37. The molecule has 3 rings (SSSR count). The molecule has 0 aliphatic carbocycles. The van der Waals surface area contributed by atoms with Crippen molar-refractivity contribution in [2.75, 3.05) is 18.5 Å². The van der Waals surface area contributed by atoms with Crippen molar-refractivity contribution in [3.63, 3.8) is 0 Å². The van der Waals surface area contributed by atoms with Crippen LogP contribution in [0, 0.1) is 11.3 Å². The number of nitriles is 1. The first kappa shape index (κ1) is 15.4. The Hall–Kier alpha value is -3.46. The first-order valence-corrected chi connectivity index (χ1v) is 7.27. The van der Waals surface area contributed by atoms with Crippen LogP contribution in [0.3, 0.4) is 0 Å². The highest BCUT2D eigenvalue weighted by Crippen LogP contribution is 2.31. The van der Waals surface area contributed by atoms with Gasteiger partial charge in [-0.2, -0.15) is 5.26 Å². The summed E-state index contributed by atoms with van der Waals surface area (Å²) in [5.41, 5.74) is 1.11. The first-order valence-electron chi connectivity index (χ1n) is 7.27. The molecule has 1 heterocycles. The van der Waals surface area contributed by atoms with Crippen LogP contribution in [-0.2, 0) is 4.79 Å². The van der Waals surface area contributed by atoms with Gasteiger partial charge in [0.05, 0.1) is 0 Å². The lowest BCUT2D eigenvalue weighted by molar-refractivity contribution is -0.112. The number of anilines is 1. The average Bonchev–Trinajstić information content (AvgIpc) is 2.61. The van der Waals surface area contributed by atoms with Crippen LogP contribution in [0.4, 0.5) is 5.69 Å². The Morgan fingerprint density at radius 2 is 1.83 bits per heavy atom. The molecule has 0 saturated heterocycles. The number of hydrogen-bond donors (Lipinski definition) is 2. The van der Waals surface area contributed by atoms with Crippen LogP contribution < -0.4 is 14.8 Å². The van der Waals surface area contributed by atoms with E-state index in [0.29, 0.717) is 36.0 Å². The number of phenolic OH excluding ortho intramolecular Hbond substituents is 1. The molecule has 0 saturated carbocycles. The molecule has 0 fully saturated rings. The maximum Gasteiger partial charge on any atom is 0.266 e. The zero-order chi connectivity index (χ0) is 16.9. The minimum absolute atomic E-state index is 0.0419. The molecule has 6 nitrogen and oxygen atoms in total. The van der Waals surface area contributed by atoms with E-state index in [-0.39, 0.29) is 11.3 Å². The van der Waals surface area contributed by atoms with Crippen molar-refractivity contribution in [3.05, 3.63) is 53.6 Å². The number of ether oxygens (including phenoxy) is 2. The molecule has 1 aliphatic rings. The summed E-state index contributed by atoms with van der Waals surface area (Å²) in [6.07, 6.45) is 1.48. The van der Waals surface area contributed by atoms with Crippen molar-refractivity contribution in [2.45, 2.75) is 0 Å². The van der Waals surface area contributed by atoms with Gasteiger partial charge < -0.3 is 19.9 Å². The lowest BCUT2D eigenvalue weighted by Crippen LogP contribution is -2.15. The zero-order valence-corrected chi connectivity index (χ0v) is 12.7. The van der Waals surface area contributed by atoms with E-state index in [1.54, 1.807) is 30.3 Å². The molecule has 0 spiro atoms. The molecule has 24 heavy (non-hydrogen) atoms. The fourth-order valence-electron chi connectivity index (χ4n) is 2.21. The van der Waals surface area contributed by atoms with E-state index < -0.39 is 5.91 Å². The molecule has 0 radical (unpaired) electrons. The number of carbonyl (C=O) groups excluding carboxylic acids is 1. The molecular weight excluding hydrogens is 308 g/mol. The van der Waals surface area contributed by atoms with Gasteiger partial charge in [0, 0.05) is 5.69 Å².